The summed E-state index contributed by atoms with van der Waals surface area (Å²) in [6.07, 6.45) is 0. The minimum absolute atomic E-state index is 0.174. The second kappa shape index (κ2) is 7.22. The van der Waals surface area contributed by atoms with Gasteiger partial charge >= 0.3 is 0 Å². The smallest absolute Gasteiger partial charge is 0.240 e. The van der Waals surface area contributed by atoms with E-state index in [9.17, 15) is 4.79 Å². The highest BCUT2D eigenvalue weighted by atomic mass is 32.2. The number of hydrogen-bond acceptors (Lipinski definition) is 8. The van der Waals surface area contributed by atoms with Crippen LogP contribution in [0, 0.1) is 6.92 Å². The first-order valence-electron chi connectivity index (χ1n) is 7.67. The van der Waals surface area contributed by atoms with E-state index in [0.717, 1.165) is 19.0 Å². The zero-order valence-corrected chi connectivity index (χ0v) is 14.7. The Morgan fingerprint density at radius 2 is 2.12 bits per heavy atom. The molecule has 9 nitrogen and oxygen atoms in total. The molecule has 0 aliphatic carbocycles. The number of anilines is 2. The van der Waals surface area contributed by atoms with E-state index < -0.39 is 0 Å². The van der Waals surface area contributed by atoms with Crippen LogP contribution in [-0.2, 0) is 16.6 Å². The van der Waals surface area contributed by atoms with Crippen LogP contribution in [0.5, 0.6) is 0 Å². The lowest BCUT2D eigenvalue weighted by Crippen LogP contribution is -2.37. The summed E-state index contributed by atoms with van der Waals surface area (Å²) in [5, 5.41) is 15.2. The van der Waals surface area contributed by atoms with Crippen LogP contribution in [0.1, 0.15) is 12.6 Å². The van der Waals surface area contributed by atoms with Gasteiger partial charge in [-0.05, 0) is 13.8 Å². The first-order chi connectivity index (χ1) is 11.5. The molecule has 0 radical (unpaired) electrons. The van der Waals surface area contributed by atoms with Crippen molar-refractivity contribution in [3.63, 3.8) is 0 Å². The van der Waals surface area contributed by atoms with Crippen molar-refractivity contribution in [3.05, 3.63) is 11.8 Å². The average Bonchev–Trinajstić information content (AvgIpc) is 3.14. The molecule has 1 fully saturated rings. The summed E-state index contributed by atoms with van der Waals surface area (Å²) in [4.78, 5) is 14.4. The summed E-state index contributed by atoms with van der Waals surface area (Å²) in [6.45, 7) is 6.56. The Labute approximate surface area is 143 Å². The Morgan fingerprint density at radius 3 is 2.79 bits per heavy atom. The van der Waals surface area contributed by atoms with Crippen molar-refractivity contribution in [2.24, 2.45) is 7.05 Å². The molecule has 2 aromatic heterocycles. The first kappa shape index (κ1) is 16.8. The lowest BCUT2D eigenvalue weighted by molar-refractivity contribution is -0.115. The number of morpholine rings is 1. The number of aryl methyl sites for hydroxylation is 1. The van der Waals surface area contributed by atoms with Crippen molar-refractivity contribution in [3.8, 4) is 0 Å². The van der Waals surface area contributed by atoms with E-state index in [1.165, 1.54) is 11.8 Å². The molecule has 0 saturated carbocycles. The molecule has 3 heterocycles. The molecule has 24 heavy (non-hydrogen) atoms. The van der Waals surface area contributed by atoms with Crippen LogP contribution >= 0.6 is 11.8 Å². The molecule has 0 aromatic carbocycles. The fourth-order valence-corrected chi connectivity index (χ4v) is 3.12. The minimum Gasteiger partial charge on any atom is -0.378 e. The molecule has 3 rings (SSSR count). The zero-order valence-electron chi connectivity index (χ0n) is 13.9. The lowest BCUT2D eigenvalue weighted by atomic mass is 10.4. The van der Waals surface area contributed by atoms with E-state index in [2.05, 4.69) is 25.6 Å². The first-order valence-corrected chi connectivity index (χ1v) is 8.55. The number of carbonyl (C=O) groups excluding carboxylic acids is 1. The number of thioether (sulfide) groups is 1. The number of rotatable bonds is 5. The van der Waals surface area contributed by atoms with E-state index >= 15 is 0 Å². The molecule has 0 spiro atoms. The van der Waals surface area contributed by atoms with E-state index in [1.807, 2.05) is 18.5 Å². The van der Waals surface area contributed by atoms with Gasteiger partial charge in [0.05, 0.1) is 24.2 Å². The molecule has 1 amide bonds. The largest absolute Gasteiger partial charge is 0.378 e. The number of nitrogens with one attached hydrogen (secondary N) is 1. The maximum absolute atomic E-state index is 12.2. The molecular weight excluding hydrogens is 332 g/mol. The maximum Gasteiger partial charge on any atom is 0.240 e. The molecule has 1 atom stereocenters. The minimum atomic E-state index is -0.351. The Balaban J connectivity index is 1.62. The van der Waals surface area contributed by atoms with Crippen LogP contribution in [0.15, 0.2) is 15.7 Å². The van der Waals surface area contributed by atoms with Crippen molar-refractivity contribution in [1.29, 1.82) is 0 Å². The van der Waals surface area contributed by atoms with E-state index in [1.54, 1.807) is 13.0 Å². The predicted octanol–water partition coefficient (Wildman–Crippen LogP) is 1.07. The maximum atomic E-state index is 12.2. The number of hydrogen-bond donors (Lipinski definition) is 1. The molecule has 1 aliphatic heterocycles. The highest BCUT2D eigenvalue weighted by Gasteiger charge is 2.22. The van der Waals surface area contributed by atoms with Crippen LogP contribution < -0.4 is 10.2 Å². The Hall–Kier alpha value is -2.07. The monoisotopic (exact) mass is 352 g/mol. The van der Waals surface area contributed by atoms with Gasteiger partial charge in [0.2, 0.25) is 17.7 Å². The standard InChI is InChI=1S/C14H20N6O3S/c1-9-8-11(23-18-9)15-12(21)10(2)24-14-17-16-13(19(14)3)20-4-6-22-7-5-20/h8,10H,4-7H2,1-3H3,(H,15,21). The summed E-state index contributed by atoms with van der Waals surface area (Å²) >= 11 is 1.35. The Bertz CT molecular complexity index is 709. The molecule has 2 aromatic rings. The van der Waals surface area contributed by atoms with Crippen molar-refractivity contribution in [2.45, 2.75) is 24.3 Å². The Morgan fingerprint density at radius 1 is 1.38 bits per heavy atom. The van der Waals surface area contributed by atoms with Gasteiger partial charge in [-0.1, -0.05) is 16.9 Å². The lowest BCUT2D eigenvalue weighted by Gasteiger charge is -2.27. The summed E-state index contributed by atoms with van der Waals surface area (Å²) in [6, 6.07) is 1.67. The van der Waals surface area contributed by atoms with Crippen LogP contribution in [0.25, 0.3) is 0 Å². The quantitative estimate of drug-likeness (QED) is 0.798. The summed E-state index contributed by atoms with van der Waals surface area (Å²) in [5.74, 6) is 0.961. The number of ether oxygens (including phenoxy) is 1. The molecule has 1 saturated heterocycles. The van der Waals surface area contributed by atoms with Crippen molar-refractivity contribution < 1.29 is 14.1 Å². The summed E-state index contributed by atoms with van der Waals surface area (Å²) in [7, 11) is 1.90. The normalized spacial score (nSPS) is 16.2. The second-order valence-corrected chi connectivity index (χ2v) is 6.83. The van der Waals surface area contributed by atoms with Crippen LogP contribution in [0.4, 0.5) is 11.8 Å². The van der Waals surface area contributed by atoms with Gasteiger partial charge in [-0.3, -0.25) is 14.7 Å². The van der Waals surface area contributed by atoms with Crippen LogP contribution in [0.3, 0.4) is 0 Å². The third-order valence-electron chi connectivity index (χ3n) is 3.63. The average molecular weight is 352 g/mol. The second-order valence-electron chi connectivity index (χ2n) is 5.52. The van der Waals surface area contributed by atoms with E-state index in [0.29, 0.717) is 29.9 Å². The van der Waals surface area contributed by atoms with Gasteiger partial charge in [0.25, 0.3) is 0 Å². The fourth-order valence-electron chi connectivity index (χ4n) is 2.31. The third kappa shape index (κ3) is 3.70. The SMILES string of the molecule is Cc1cc(NC(=O)C(C)Sc2nnc(N3CCOCC3)n2C)on1. The molecule has 10 heteroatoms. The van der Waals surface area contributed by atoms with Crippen molar-refractivity contribution in [2.75, 3.05) is 36.5 Å². The molecular formula is C14H20N6O3S. The Kier molecular flexibility index (Phi) is 5.05. The van der Waals surface area contributed by atoms with Crippen LogP contribution in [0.2, 0.25) is 0 Å². The van der Waals surface area contributed by atoms with Crippen molar-refractivity contribution in [1.82, 2.24) is 19.9 Å². The van der Waals surface area contributed by atoms with Gasteiger partial charge in [0.15, 0.2) is 5.16 Å². The topological polar surface area (TPSA) is 98.3 Å². The van der Waals surface area contributed by atoms with Crippen molar-refractivity contribution >= 4 is 29.5 Å². The van der Waals surface area contributed by atoms with Gasteiger partial charge < -0.3 is 14.2 Å². The number of aromatic nitrogens is 4. The highest BCUT2D eigenvalue weighted by molar-refractivity contribution is 8.00. The third-order valence-corrected chi connectivity index (χ3v) is 4.77. The zero-order chi connectivity index (χ0) is 17.1. The van der Waals surface area contributed by atoms with Gasteiger partial charge in [-0.25, -0.2) is 0 Å². The highest BCUT2D eigenvalue weighted by Crippen LogP contribution is 2.25. The van der Waals surface area contributed by atoms with E-state index in [-0.39, 0.29) is 11.2 Å². The summed E-state index contributed by atoms with van der Waals surface area (Å²) in [5.41, 5.74) is 0.717. The van der Waals surface area contributed by atoms with Gasteiger partial charge in [-0.2, -0.15) is 0 Å². The van der Waals surface area contributed by atoms with E-state index in [4.69, 9.17) is 9.26 Å². The van der Waals surface area contributed by atoms with Crippen LogP contribution in [-0.4, -0.2) is 57.4 Å². The fraction of sp³-hybridized carbons (Fsp3) is 0.571. The number of nitrogens with zero attached hydrogens (tertiary/aromatic N) is 5. The van der Waals surface area contributed by atoms with Gasteiger partial charge in [0.1, 0.15) is 0 Å². The van der Waals surface area contributed by atoms with Gasteiger partial charge in [-0.15, -0.1) is 10.2 Å². The van der Waals surface area contributed by atoms with Gasteiger partial charge in [0, 0.05) is 26.2 Å². The molecule has 0 bridgehead atoms. The number of carbonyl (C=O) groups is 1. The predicted molar refractivity (Wildman–Crippen MR) is 89.2 cm³/mol. The molecule has 130 valence electrons. The molecule has 1 N–H and O–H groups in total. The number of amides is 1. The molecule has 1 unspecified atom stereocenters. The molecule has 1 aliphatic rings. The summed E-state index contributed by atoms with van der Waals surface area (Å²) < 4.78 is 12.3.